The van der Waals surface area contributed by atoms with Crippen molar-refractivity contribution >= 4 is 44.9 Å². The number of aryl methyl sites for hydroxylation is 1. The molecule has 1 fully saturated rings. The lowest BCUT2D eigenvalue weighted by molar-refractivity contribution is 0.240. The standard InChI is InChI=1S/C18H19Cl2N3O3S/c1-12-4-7-14(8-5-12)27(25,26)23-10-2-3-17(23)22-18(24)21-16-11-13(19)6-9-15(16)20/h4-9,11,17H,2-3,10H2,1H3,(H2,21,22,24)/t17-/m1/s1. The summed E-state index contributed by atoms with van der Waals surface area (Å²) in [7, 11) is -3.69. The number of nitrogens with zero attached hydrogens (tertiary/aromatic N) is 1. The second-order valence-electron chi connectivity index (χ2n) is 6.31. The number of nitrogens with one attached hydrogen (secondary N) is 2. The fourth-order valence-electron chi connectivity index (χ4n) is 2.92. The summed E-state index contributed by atoms with van der Waals surface area (Å²) in [6, 6.07) is 10.8. The van der Waals surface area contributed by atoms with E-state index in [9.17, 15) is 13.2 Å². The van der Waals surface area contributed by atoms with Crippen molar-refractivity contribution in [3.05, 3.63) is 58.1 Å². The molecule has 6 nitrogen and oxygen atoms in total. The summed E-state index contributed by atoms with van der Waals surface area (Å²) in [5, 5.41) is 6.08. The first-order chi connectivity index (χ1) is 12.8. The molecule has 0 bridgehead atoms. The monoisotopic (exact) mass is 427 g/mol. The van der Waals surface area contributed by atoms with Crippen LogP contribution in [0.4, 0.5) is 10.5 Å². The second-order valence-corrected chi connectivity index (χ2v) is 9.04. The van der Waals surface area contributed by atoms with E-state index in [1.807, 2.05) is 6.92 Å². The lowest BCUT2D eigenvalue weighted by atomic mass is 10.2. The number of benzene rings is 2. The van der Waals surface area contributed by atoms with Crippen LogP contribution in [0.25, 0.3) is 0 Å². The third-order valence-electron chi connectivity index (χ3n) is 4.31. The molecule has 1 saturated heterocycles. The molecule has 1 heterocycles. The SMILES string of the molecule is Cc1ccc(S(=O)(=O)N2CCC[C@@H]2NC(=O)Nc2cc(Cl)ccc2Cl)cc1. The van der Waals surface area contributed by atoms with Gasteiger partial charge in [-0.15, -0.1) is 0 Å². The normalized spacial score (nSPS) is 17.7. The van der Waals surface area contributed by atoms with Crippen molar-refractivity contribution in [2.45, 2.75) is 30.8 Å². The summed E-state index contributed by atoms with van der Waals surface area (Å²) in [5.74, 6) is 0. The van der Waals surface area contributed by atoms with Gasteiger partial charge in [-0.1, -0.05) is 40.9 Å². The molecule has 0 aromatic heterocycles. The van der Waals surface area contributed by atoms with Gasteiger partial charge in [-0.2, -0.15) is 4.31 Å². The Morgan fingerprint density at radius 3 is 2.56 bits per heavy atom. The summed E-state index contributed by atoms with van der Waals surface area (Å²) in [6.07, 6.45) is 0.560. The van der Waals surface area contributed by atoms with E-state index in [0.29, 0.717) is 35.1 Å². The second kappa shape index (κ2) is 8.06. The zero-order chi connectivity index (χ0) is 19.6. The molecule has 0 spiro atoms. The van der Waals surface area contributed by atoms with Crippen LogP contribution in [0.2, 0.25) is 10.0 Å². The fourth-order valence-corrected chi connectivity index (χ4v) is 4.87. The van der Waals surface area contributed by atoms with Crippen LogP contribution in [-0.4, -0.2) is 31.5 Å². The molecule has 1 atom stereocenters. The van der Waals surface area contributed by atoms with Gasteiger partial charge in [0.1, 0.15) is 0 Å². The van der Waals surface area contributed by atoms with Crippen molar-refractivity contribution in [3.8, 4) is 0 Å². The van der Waals surface area contributed by atoms with E-state index in [1.54, 1.807) is 36.4 Å². The van der Waals surface area contributed by atoms with Crippen molar-refractivity contribution in [2.24, 2.45) is 0 Å². The number of rotatable bonds is 4. The van der Waals surface area contributed by atoms with Crippen molar-refractivity contribution < 1.29 is 13.2 Å². The molecule has 2 aromatic carbocycles. The Kier molecular flexibility index (Phi) is 5.95. The van der Waals surface area contributed by atoms with E-state index < -0.39 is 22.2 Å². The average molecular weight is 428 g/mol. The highest BCUT2D eigenvalue weighted by Crippen LogP contribution is 2.27. The van der Waals surface area contributed by atoms with Crippen LogP contribution in [-0.2, 0) is 10.0 Å². The van der Waals surface area contributed by atoms with Gasteiger partial charge in [0.2, 0.25) is 10.0 Å². The molecule has 0 saturated carbocycles. The number of carbonyl (C=O) groups excluding carboxylic acids is 1. The van der Waals surface area contributed by atoms with Crippen LogP contribution in [0.15, 0.2) is 47.4 Å². The Hall–Kier alpha value is -1.80. The molecule has 144 valence electrons. The van der Waals surface area contributed by atoms with E-state index >= 15 is 0 Å². The largest absolute Gasteiger partial charge is 0.321 e. The number of sulfonamides is 1. The van der Waals surface area contributed by atoms with Crippen LogP contribution in [0.5, 0.6) is 0 Å². The lowest BCUT2D eigenvalue weighted by Crippen LogP contribution is -2.48. The first-order valence-electron chi connectivity index (χ1n) is 8.38. The van der Waals surface area contributed by atoms with Crippen LogP contribution in [0, 0.1) is 6.92 Å². The van der Waals surface area contributed by atoms with Gasteiger partial charge < -0.3 is 10.6 Å². The Balaban J connectivity index is 1.73. The number of carbonyl (C=O) groups is 1. The third-order valence-corrected chi connectivity index (χ3v) is 6.79. The average Bonchev–Trinajstić information content (AvgIpc) is 3.07. The predicted molar refractivity (Wildman–Crippen MR) is 107 cm³/mol. The van der Waals surface area contributed by atoms with E-state index in [2.05, 4.69) is 10.6 Å². The molecule has 1 aliphatic heterocycles. The number of halogens is 2. The molecule has 1 aliphatic rings. The predicted octanol–water partition coefficient (Wildman–Crippen LogP) is 4.23. The molecule has 0 aliphatic carbocycles. The highest BCUT2D eigenvalue weighted by atomic mass is 35.5. The van der Waals surface area contributed by atoms with Crippen LogP contribution < -0.4 is 10.6 Å². The Labute approximate surface area is 168 Å². The Morgan fingerprint density at radius 2 is 1.85 bits per heavy atom. The van der Waals surface area contributed by atoms with E-state index in [1.165, 1.54) is 10.4 Å². The third kappa shape index (κ3) is 4.55. The van der Waals surface area contributed by atoms with Crippen molar-refractivity contribution in [1.82, 2.24) is 9.62 Å². The summed E-state index contributed by atoms with van der Waals surface area (Å²) >= 11 is 12.0. The lowest BCUT2D eigenvalue weighted by Gasteiger charge is -2.25. The van der Waals surface area contributed by atoms with E-state index in [-0.39, 0.29) is 4.90 Å². The Morgan fingerprint density at radius 1 is 1.15 bits per heavy atom. The van der Waals surface area contributed by atoms with Crippen molar-refractivity contribution in [1.29, 1.82) is 0 Å². The van der Waals surface area contributed by atoms with Crippen LogP contribution in [0.3, 0.4) is 0 Å². The van der Waals surface area contributed by atoms with Gasteiger partial charge >= 0.3 is 6.03 Å². The minimum atomic E-state index is -3.69. The molecule has 2 N–H and O–H groups in total. The molecule has 9 heteroatoms. The molecule has 2 aromatic rings. The number of anilines is 1. The number of hydrogen-bond acceptors (Lipinski definition) is 3. The van der Waals surface area contributed by atoms with Crippen molar-refractivity contribution in [2.75, 3.05) is 11.9 Å². The zero-order valence-corrected chi connectivity index (χ0v) is 16.9. The van der Waals surface area contributed by atoms with Crippen molar-refractivity contribution in [3.63, 3.8) is 0 Å². The molecule has 27 heavy (non-hydrogen) atoms. The van der Waals surface area contributed by atoms with E-state index in [0.717, 1.165) is 5.56 Å². The summed E-state index contributed by atoms with van der Waals surface area (Å²) in [6.45, 7) is 2.24. The first-order valence-corrected chi connectivity index (χ1v) is 10.6. The summed E-state index contributed by atoms with van der Waals surface area (Å²) in [4.78, 5) is 12.5. The highest BCUT2D eigenvalue weighted by molar-refractivity contribution is 7.89. The topological polar surface area (TPSA) is 78.5 Å². The molecule has 0 radical (unpaired) electrons. The fraction of sp³-hybridized carbons (Fsp3) is 0.278. The molecular formula is C18H19Cl2N3O3S. The maximum Gasteiger partial charge on any atom is 0.320 e. The van der Waals surface area contributed by atoms with Gasteiger partial charge in [-0.25, -0.2) is 13.2 Å². The summed E-state index contributed by atoms with van der Waals surface area (Å²) in [5.41, 5.74) is 1.33. The number of urea groups is 1. The maximum atomic E-state index is 12.9. The van der Waals surface area contributed by atoms with E-state index in [4.69, 9.17) is 23.2 Å². The Bertz CT molecular complexity index is 949. The first kappa shape index (κ1) is 19.9. The zero-order valence-electron chi connectivity index (χ0n) is 14.6. The maximum absolute atomic E-state index is 12.9. The van der Waals surface area contributed by atoms with Gasteiger partial charge in [0.15, 0.2) is 0 Å². The van der Waals surface area contributed by atoms with Gasteiger partial charge in [-0.05, 0) is 50.1 Å². The quantitative estimate of drug-likeness (QED) is 0.765. The van der Waals surface area contributed by atoms with Gasteiger partial charge in [0.05, 0.1) is 21.8 Å². The number of hydrogen-bond donors (Lipinski definition) is 2. The number of amides is 2. The smallest absolute Gasteiger partial charge is 0.320 e. The molecule has 0 unspecified atom stereocenters. The van der Waals surface area contributed by atoms with Crippen LogP contribution in [0.1, 0.15) is 18.4 Å². The van der Waals surface area contributed by atoms with Gasteiger partial charge in [-0.3, -0.25) is 0 Å². The highest BCUT2D eigenvalue weighted by Gasteiger charge is 2.36. The minimum absolute atomic E-state index is 0.208. The minimum Gasteiger partial charge on any atom is -0.321 e. The van der Waals surface area contributed by atoms with Gasteiger partial charge in [0.25, 0.3) is 0 Å². The van der Waals surface area contributed by atoms with Gasteiger partial charge in [0, 0.05) is 11.6 Å². The molecule has 3 rings (SSSR count). The summed E-state index contributed by atoms with van der Waals surface area (Å²) < 4.78 is 27.1. The molecule has 2 amide bonds. The molecular weight excluding hydrogens is 409 g/mol. The van der Waals surface area contributed by atoms with Crippen LogP contribution >= 0.6 is 23.2 Å².